The fourth-order valence-corrected chi connectivity index (χ4v) is 5.90. The summed E-state index contributed by atoms with van der Waals surface area (Å²) in [6.07, 6.45) is 0.983. The molecule has 0 fully saturated rings. The van der Waals surface area contributed by atoms with Gasteiger partial charge in [0.1, 0.15) is 22.0 Å². The molecular formula is C30H29NaO6S2. The molecule has 4 aromatic rings. The summed E-state index contributed by atoms with van der Waals surface area (Å²) in [4.78, 5) is 0.761. The fourth-order valence-electron chi connectivity index (χ4n) is 4.06. The Morgan fingerprint density at radius 3 is 2.38 bits per heavy atom. The molecule has 0 spiro atoms. The van der Waals surface area contributed by atoms with E-state index in [1.165, 1.54) is 17.8 Å². The minimum atomic E-state index is -4.79. The van der Waals surface area contributed by atoms with E-state index in [2.05, 4.69) is 6.92 Å². The van der Waals surface area contributed by atoms with Crippen molar-refractivity contribution in [3.05, 3.63) is 108 Å². The van der Waals surface area contributed by atoms with Crippen LogP contribution in [0.1, 0.15) is 42.6 Å². The van der Waals surface area contributed by atoms with Crippen LogP contribution in [0.2, 0.25) is 0 Å². The van der Waals surface area contributed by atoms with Crippen molar-refractivity contribution in [2.45, 2.75) is 47.2 Å². The summed E-state index contributed by atoms with van der Waals surface area (Å²) in [5.41, 5.74) is 2.91. The predicted octanol–water partition coefficient (Wildman–Crippen LogP) is 3.17. The second kappa shape index (κ2) is 14.5. The van der Waals surface area contributed by atoms with Crippen LogP contribution in [-0.2, 0) is 16.7 Å². The first-order chi connectivity index (χ1) is 18.3. The van der Waals surface area contributed by atoms with Crippen LogP contribution in [0.4, 0.5) is 0 Å². The van der Waals surface area contributed by atoms with Crippen LogP contribution >= 0.6 is 11.8 Å². The average molecular weight is 573 g/mol. The van der Waals surface area contributed by atoms with E-state index in [1.54, 1.807) is 60.7 Å². The zero-order chi connectivity index (χ0) is 27.1. The SMILES string of the molecule is CCCCOc1ccc(Sc2ccc(-c3ccccc3C(O)c3cccc(CO)c3)cc2S(=O)(=O)[O-])cc1.[Na+]. The first-order valence-electron chi connectivity index (χ1n) is 12.3. The summed E-state index contributed by atoms with van der Waals surface area (Å²) in [5, 5.41) is 20.6. The Bertz CT molecular complexity index is 1490. The van der Waals surface area contributed by atoms with Gasteiger partial charge in [0.25, 0.3) is 0 Å². The molecule has 0 aromatic heterocycles. The van der Waals surface area contributed by atoms with Gasteiger partial charge in [-0.15, -0.1) is 0 Å². The van der Waals surface area contributed by atoms with Crippen molar-refractivity contribution >= 4 is 21.9 Å². The summed E-state index contributed by atoms with van der Waals surface area (Å²) in [6, 6.07) is 26.1. The maximum Gasteiger partial charge on any atom is 1.00 e. The summed E-state index contributed by atoms with van der Waals surface area (Å²) >= 11 is 1.19. The Morgan fingerprint density at radius 1 is 0.949 bits per heavy atom. The van der Waals surface area contributed by atoms with Crippen molar-refractivity contribution in [1.82, 2.24) is 0 Å². The second-order valence-electron chi connectivity index (χ2n) is 8.78. The molecule has 2 N–H and O–H groups in total. The van der Waals surface area contributed by atoms with E-state index in [4.69, 9.17) is 4.74 Å². The molecule has 0 aliphatic rings. The molecule has 198 valence electrons. The van der Waals surface area contributed by atoms with Gasteiger partial charge < -0.3 is 19.5 Å². The molecule has 4 rings (SSSR count). The second-order valence-corrected chi connectivity index (χ2v) is 11.2. The zero-order valence-corrected chi connectivity index (χ0v) is 25.5. The van der Waals surface area contributed by atoms with Crippen molar-refractivity contribution < 1.29 is 57.5 Å². The van der Waals surface area contributed by atoms with Gasteiger partial charge in [-0.05, 0) is 70.6 Å². The Kier molecular flexibility index (Phi) is 11.7. The molecule has 0 saturated carbocycles. The van der Waals surface area contributed by atoms with Crippen LogP contribution < -0.4 is 34.3 Å². The van der Waals surface area contributed by atoms with Gasteiger partial charge in [0.2, 0.25) is 0 Å². The van der Waals surface area contributed by atoms with Crippen molar-refractivity contribution in [3.63, 3.8) is 0 Å². The number of rotatable bonds is 11. The van der Waals surface area contributed by atoms with Gasteiger partial charge in [-0.3, -0.25) is 0 Å². The first kappa shape index (κ1) is 31.4. The molecule has 0 amide bonds. The molecule has 9 heteroatoms. The molecule has 1 unspecified atom stereocenters. The van der Waals surface area contributed by atoms with Gasteiger partial charge in [0, 0.05) is 9.79 Å². The Morgan fingerprint density at radius 2 is 1.69 bits per heavy atom. The maximum absolute atomic E-state index is 12.3. The molecule has 4 aromatic carbocycles. The van der Waals surface area contributed by atoms with E-state index in [0.29, 0.717) is 39.3 Å². The summed E-state index contributed by atoms with van der Waals surface area (Å²) < 4.78 is 42.5. The Balaban J connectivity index is 0.00000420. The third-order valence-corrected chi connectivity index (χ3v) is 8.14. The smallest absolute Gasteiger partial charge is 0.744 e. The molecule has 39 heavy (non-hydrogen) atoms. The van der Waals surface area contributed by atoms with Crippen LogP contribution in [0.5, 0.6) is 5.75 Å². The van der Waals surface area contributed by atoms with Crippen LogP contribution in [0, 0.1) is 0 Å². The van der Waals surface area contributed by atoms with Gasteiger partial charge in [-0.1, -0.05) is 79.7 Å². The van der Waals surface area contributed by atoms with E-state index in [0.717, 1.165) is 23.5 Å². The third-order valence-electron chi connectivity index (χ3n) is 6.05. The first-order valence-corrected chi connectivity index (χ1v) is 14.5. The maximum atomic E-state index is 12.3. The van der Waals surface area contributed by atoms with E-state index in [9.17, 15) is 23.2 Å². The van der Waals surface area contributed by atoms with E-state index in [-0.39, 0.29) is 41.1 Å². The van der Waals surface area contributed by atoms with Crippen LogP contribution in [0.25, 0.3) is 11.1 Å². The van der Waals surface area contributed by atoms with Crippen LogP contribution in [-0.4, -0.2) is 29.8 Å². The molecule has 0 aliphatic carbocycles. The fraction of sp³-hybridized carbons (Fsp3) is 0.200. The summed E-state index contributed by atoms with van der Waals surface area (Å²) in [6.45, 7) is 2.57. The normalized spacial score (nSPS) is 12.0. The number of hydrogen-bond acceptors (Lipinski definition) is 7. The standard InChI is InChI=1S/C30H30O6S2.Na/c1-2-3-17-36-24-12-14-25(15-13-24)37-28-16-11-22(19-29(28)38(33,34)35)26-9-4-5-10-27(26)30(32)23-8-6-7-21(18-23)20-31;/h4-16,18-19,30-32H,2-3,17,20H2,1H3,(H,33,34,35);/q;+1/p-1. The molecule has 0 saturated heterocycles. The summed E-state index contributed by atoms with van der Waals surface area (Å²) in [5.74, 6) is 0.731. The van der Waals surface area contributed by atoms with E-state index in [1.807, 2.05) is 24.3 Å². The summed E-state index contributed by atoms with van der Waals surface area (Å²) in [7, 11) is -4.79. The van der Waals surface area contributed by atoms with Crippen molar-refractivity contribution in [2.24, 2.45) is 0 Å². The molecular weight excluding hydrogens is 543 g/mol. The van der Waals surface area contributed by atoms with Crippen molar-refractivity contribution in [3.8, 4) is 16.9 Å². The molecule has 0 bridgehead atoms. The van der Waals surface area contributed by atoms with Crippen LogP contribution in [0.15, 0.2) is 106 Å². The number of unbranched alkanes of at least 4 members (excludes halogenated alkanes) is 1. The minimum Gasteiger partial charge on any atom is -0.744 e. The molecule has 6 nitrogen and oxygen atoms in total. The van der Waals surface area contributed by atoms with Gasteiger partial charge in [-0.2, -0.15) is 0 Å². The van der Waals surface area contributed by atoms with E-state index >= 15 is 0 Å². The third kappa shape index (κ3) is 8.19. The van der Waals surface area contributed by atoms with Crippen molar-refractivity contribution in [2.75, 3.05) is 6.61 Å². The zero-order valence-electron chi connectivity index (χ0n) is 21.9. The number of aliphatic hydroxyl groups excluding tert-OH is 2. The monoisotopic (exact) mass is 572 g/mol. The van der Waals surface area contributed by atoms with Gasteiger partial charge in [0.05, 0.1) is 18.1 Å². The largest absolute Gasteiger partial charge is 1.00 e. The van der Waals surface area contributed by atoms with Gasteiger partial charge >= 0.3 is 29.6 Å². The predicted molar refractivity (Wildman–Crippen MR) is 147 cm³/mol. The van der Waals surface area contributed by atoms with Crippen LogP contribution in [0.3, 0.4) is 0 Å². The van der Waals surface area contributed by atoms with Gasteiger partial charge in [-0.25, -0.2) is 8.42 Å². The topological polar surface area (TPSA) is 107 Å². The quantitative estimate of drug-likeness (QED) is 0.162. The number of hydrogen-bond donors (Lipinski definition) is 2. The number of benzene rings is 4. The van der Waals surface area contributed by atoms with Gasteiger partial charge in [0.15, 0.2) is 0 Å². The molecule has 0 radical (unpaired) electrons. The Labute approximate surface area is 256 Å². The van der Waals surface area contributed by atoms with Crippen molar-refractivity contribution in [1.29, 1.82) is 0 Å². The Hall–Kier alpha value is -2.14. The molecule has 1 atom stereocenters. The number of aliphatic hydroxyl groups is 2. The average Bonchev–Trinajstić information content (AvgIpc) is 2.93. The minimum absolute atomic E-state index is 0. The number of ether oxygens (including phenoxy) is 1. The molecule has 0 aliphatic heterocycles. The van der Waals surface area contributed by atoms with E-state index < -0.39 is 16.2 Å². The molecule has 0 heterocycles.